The zero-order valence-corrected chi connectivity index (χ0v) is 11.0. The average Bonchev–Trinajstić information content (AvgIpc) is 2.20. The smallest absolute Gasteiger partial charge is 0.310 e. The largest absolute Gasteiger partial charge is 0.481 e. The number of carboxylic acid groups (broad SMARTS) is 1. The highest BCUT2D eigenvalue weighted by Crippen LogP contribution is 2.28. The number of benzene rings is 1. The van der Waals surface area contributed by atoms with E-state index in [1.165, 1.54) is 0 Å². The van der Waals surface area contributed by atoms with Crippen LogP contribution in [-0.4, -0.2) is 24.7 Å². The molecule has 0 bridgehead atoms. The van der Waals surface area contributed by atoms with Crippen LogP contribution in [0.2, 0.25) is 5.02 Å². The van der Waals surface area contributed by atoms with E-state index in [2.05, 4.69) is 0 Å². The van der Waals surface area contributed by atoms with E-state index >= 15 is 0 Å². The number of nitrogens with zero attached hydrogens (tertiary/aromatic N) is 1. The molecule has 0 unspecified atom stereocenters. The maximum atomic E-state index is 11.1. The minimum atomic E-state index is -0.844. The van der Waals surface area contributed by atoms with Gasteiger partial charge in [-0.1, -0.05) is 11.6 Å². The molecule has 5 heteroatoms. The van der Waals surface area contributed by atoms with Gasteiger partial charge in [0.15, 0.2) is 0 Å². The van der Waals surface area contributed by atoms with Crippen LogP contribution in [-0.2, 0) is 4.79 Å². The number of hydrogen-bond acceptors (Lipinski definition) is 3. The van der Waals surface area contributed by atoms with E-state index in [9.17, 15) is 4.79 Å². The van der Waals surface area contributed by atoms with Crippen LogP contribution in [0, 0.1) is 5.41 Å². The summed E-state index contributed by atoms with van der Waals surface area (Å²) in [5.74, 6) is -0.843. The number of rotatable bonds is 4. The molecule has 0 aliphatic carbocycles. The fourth-order valence-corrected chi connectivity index (χ4v) is 1.76. The van der Waals surface area contributed by atoms with Gasteiger partial charge in [0.1, 0.15) is 0 Å². The van der Waals surface area contributed by atoms with Crippen molar-refractivity contribution in [2.24, 2.45) is 5.41 Å². The van der Waals surface area contributed by atoms with E-state index in [0.717, 1.165) is 5.69 Å². The van der Waals surface area contributed by atoms with Gasteiger partial charge in [0.05, 0.1) is 16.8 Å². The lowest BCUT2D eigenvalue weighted by Crippen LogP contribution is -2.37. The topological polar surface area (TPSA) is 66.6 Å². The second kappa shape index (κ2) is 4.84. The summed E-state index contributed by atoms with van der Waals surface area (Å²) in [6.45, 7) is 3.70. The summed E-state index contributed by atoms with van der Waals surface area (Å²) in [4.78, 5) is 12.9. The third-order valence-electron chi connectivity index (χ3n) is 2.62. The zero-order chi connectivity index (χ0) is 13.2. The molecule has 0 spiro atoms. The fourth-order valence-electron chi connectivity index (χ4n) is 1.59. The van der Waals surface area contributed by atoms with Gasteiger partial charge >= 0.3 is 5.97 Å². The van der Waals surface area contributed by atoms with Crippen LogP contribution < -0.4 is 10.6 Å². The Labute approximate surface area is 106 Å². The van der Waals surface area contributed by atoms with Crippen molar-refractivity contribution in [1.82, 2.24) is 0 Å². The van der Waals surface area contributed by atoms with Gasteiger partial charge in [-0.15, -0.1) is 0 Å². The summed E-state index contributed by atoms with van der Waals surface area (Å²) >= 11 is 5.90. The molecule has 0 radical (unpaired) electrons. The molecule has 3 N–H and O–H groups in total. The highest BCUT2D eigenvalue weighted by Gasteiger charge is 2.29. The van der Waals surface area contributed by atoms with Crippen LogP contribution >= 0.6 is 11.6 Å². The third kappa shape index (κ3) is 3.27. The number of aliphatic carboxylic acids is 1. The minimum absolute atomic E-state index is 0.354. The Morgan fingerprint density at radius 1 is 1.53 bits per heavy atom. The van der Waals surface area contributed by atoms with Crippen molar-refractivity contribution >= 4 is 28.9 Å². The Morgan fingerprint density at radius 3 is 2.65 bits per heavy atom. The van der Waals surface area contributed by atoms with Gasteiger partial charge in [-0.25, -0.2) is 0 Å². The first-order chi connectivity index (χ1) is 7.74. The molecule has 0 heterocycles. The fraction of sp³-hybridized carbons (Fsp3) is 0.417. The van der Waals surface area contributed by atoms with E-state index in [1.54, 1.807) is 44.0 Å². The van der Waals surface area contributed by atoms with Crippen molar-refractivity contribution in [3.63, 3.8) is 0 Å². The van der Waals surface area contributed by atoms with Gasteiger partial charge in [0.25, 0.3) is 0 Å². The van der Waals surface area contributed by atoms with Crippen molar-refractivity contribution in [3.05, 3.63) is 23.2 Å². The molecule has 1 aromatic carbocycles. The predicted octanol–water partition coefficient (Wildman–Crippen LogP) is 2.47. The molecule has 4 nitrogen and oxygen atoms in total. The molecule has 1 rings (SSSR count). The van der Waals surface area contributed by atoms with E-state index in [0.29, 0.717) is 17.3 Å². The van der Waals surface area contributed by atoms with Gasteiger partial charge in [0, 0.05) is 18.6 Å². The number of carboxylic acids is 1. The first-order valence-electron chi connectivity index (χ1n) is 5.23. The molecular formula is C12H17ClN2O2. The van der Waals surface area contributed by atoms with E-state index < -0.39 is 11.4 Å². The molecule has 0 fully saturated rings. The Morgan fingerprint density at radius 2 is 2.12 bits per heavy atom. The molecule has 0 amide bonds. The lowest BCUT2D eigenvalue weighted by Gasteiger charge is -2.29. The first-order valence-corrected chi connectivity index (χ1v) is 5.61. The summed E-state index contributed by atoms with van der Waals surface area (Å²) in [5, 5.41) is 9.65. The minimum Gasteiger partial charge on any atom is -0.481 e. The molecule has 0 saturated heterocycles. The summed E-state index contributed by atoms with van der Waals surface area (Å²) in [7, 11) is 1.80. The summed E-state index contributed by atoms with van der Waals surface area (Å²) in [6.07, 6.45) is 0. The second-order valence-electron chi connectivity index (χ2n) is 4.75. The molecule has 0 atom stereocenters. The normalized spacial score (nSPS) is 11.3. The molecule has 0 aliphatic rings. The zero-order valence-electron chi connectivity index (χ0n) is 10.2. The second-order valence-corrected chi connectivity index (χ2v) is 5.18. The number of halogens is 1. The lowest BCUT2D eigenvalue weighted by molar-refractivity contribution is -0.146. The summed E-state index contributed by atoms with van der Waals surface area (Å²) in [6, 6.07) is 5.15. The first kappa shape index (κ1) is 13.6. The van der Waals surface area contributed by atoms with Gasteiger partial charge in [-0.2, -0.15) is 0 Å². The van der Waals surface area contributed by atoms with Crippen LogP contribution in [0.5, 0.6) is 0 Å². The molecule has 0 saturated carbocycles. The number of nitrogen functional groups attached to an aromatic ring is 1. The van der Waals surface area contributed by atoms with Gasteiger partial charge < -0.3 is 15.7 Å². The SMILES string of the molecule is CN(CC(C)(C)C(=O)O)c1cc(Cl)ccc1N. The summed E-state index contributed by atoms with van der Waals surface area (Å²) < 4.78 is 0. The van der Waals surface area contributed by atoms with E-state index in [1.807, 2.05) is 0 Å². The highest BCUT2D eigenvalue weighted by atomic mass is 35.5. The number of carbonyl (C=O) groups is 1. The Bertz CT molecular complexity index is 433. The lowest BCUT2D eigenvalue weighted by atomic mass is 9.93. The molecule has 94 valence electrons. The van der Waals surface area contributed by atoms with E-state index in [-0.39, 0.29) is 0 Å². The monoisotopic (exact) mass is 256 g/mol. The van der Waals surface area contributed by atoms with Crippen LogP contribution in [0.4, 0.5) is 11.4 Å². The molecular weight excluding hydrogens is 240 g/mol. The van der Waals surface area contributed by atoms with Gasteiger partial charge in [-0.05, 0) is 32.0 Å². The van der Waals surface area contributed by atoms with Crippen molar-refractivity contribution < 1.29 is 9.90 Å². The number of anilines is 2. The van der Waals surface area contributed by atoms with Crippen molar-refractivity contribution in [1.29, 1.82) is 0 Å². The van der Waals surface area contributed by atoms with Crippen molar-refractivity contribution in [3.8, 4) is 0 Å². The molecule has 0 aliphatic heterocycles. The molecule has 0 aromatic heterocycles. The van der Waals surface area contributed by atoms with Crippen LogP contribution in [0.1, 0.15) is 13.8 Å². The standard InChI is InChI=1S/C12H17ClN2O2/c1-12(2,11(16)17)7-15(3)10-6-8(13)4-5-9(10)14/h4-6H,7,14H2,1-3H3,(H,16,17). The highest BCUT2D eigenvalue weighted by molar-refractivity contribution is 6.31. The maximum Gasteiger partial charge on any atom is 0.310 e. The summed E-state index contributed by atoms with van der Waals surface area (Å²) in [5.41, 5.74) is 6.32. The Kier molecular flexibility index (Phi) is 3.88. The number of nitrogens with two attached hydrogens (primary N) is 1. The van der Waals surface area contributed by atoms with Crippen molar-refractivity contribution in [2.75, 3.05) is 24.2 Å². The van der Waals surface area contributed by atoms with Crippen LogP contribution in [0.3, 0.4) is 0 Å². The molecule has 1 aromatic rings. The average molecular weight is 257 g/mol. The van der Waals surface area contributed by atoms with Gasteiger partial charge in [-0.3, -0.25) is 4.79 Å². The number of hydrogen-bond donors (Lipinski definition) is 2. The predicted molar refractivity (Wildman–Crippen MR) is 70.6 cm³/mol. The van der Waals surface area contributed by atoms with E-state index in [4.69, 9.17) is 22.4 Å². The maximum absolute atomic E-state index is 11.1. The quantitative estimate of drug-likeness (QED) is 0.813. The Hall–Kier alpha value is -1.42. The third-order valence-corrected chi connectivity index (χ3v) is 2.85. The van der Waals surface area contributed by atoms with Crippen molar-refractivity contribution in [2.45, 2.75) is 13.8 Å². The van der Waals surface area contributed by atoms with Gasteiger partial charge in [0.2, 0.25) is 0 Å². The molecule has 17 heavy (non-hydrogen) atoms. The van der Waals surface area contributed by atoms with Crippen LogP contribution in [0.15, 0.2) is 18.2 Å². The van der Waals surface area contributed by atoms with Crippen LogP contribution in [0.25, 0.3) is 0 Å². The Balaban J connectivity index is 2.94.